The zero-order chi connectivity index (χ0) is 22.3. The number of piperidine rings is 1. The van der Waals surface area contributed by atoms with Crippen LogP contribution in [0.4, 0.5) is 19.0 Å². The number of methoxy groups -OCH3 is 2. The fourth-order valence-electron chi connectivity index (χ4n) is 3.12. The fourth-order valence-corrected chi connectivity index (χ4v) is 3.12. The van der Waals surface area contributed by atoms with Gasteiger partial charge in [0.2, 0.25) is 0 Å². The molecule has 1 saturated heterocycles. The van der Waals surface area contributed by atoms with Gasteiger partial charge in [-0.2, -0.15) is 13.2 Å². The largest absolute Gasteiger partial charge is 0.493 e. The molecule has 2 N–H and O–H groups in total. The number of nitrogens with one attached hydrogen (secondary N) is 1. The maximum atomic E-state index is 12.4. The molecule has 11 heteroatoms. The molecule has 3 rings (SSSR count). The zero-order valence-corrected chi connectivity index (χ0v) is 17.0. The number of hydrogen-bond donors (Lipinski definition) is 2. The van der Waals surface area contributed by atoms with Crippen LogP contribution in [0.5, 0.6) is 11.5 Å². The lowest BCUT2D eigenvalue weighted by Crippen LogP contribution is -2.48. The second kappa shape index (κ2) is 10.3. The first-order valence-corrected chi connectivity index (χ1v) is 9.35. The third-order valence-electron chi connectivity index (χ3n) is 4.51. The Morgan fingerprint density at radius 3 is 2.30 bits per heavy atom. The molecular weight excluding hydrogens is 405 g/mol. The van der Waals surface area contributed by atoms with Crippen molar-refractivity contribution in [2.45, 2.75) is 32.0 Å². The van der Waals surface area contributed by atoms with Gasteiger partial charge in [0.1, 0.15) is 12.1 Å². The molecule has 1 aliphatic heterocycles. The minimum absolute atomic E-state index is 0.250. The van der Waals surface area contributed by atoms with E-state index in [-0.39, 0.29) is 6.61 Å². The van der Waals surface area contributed by atoms with Crippen molar-refractivity contribution >= 4 is 22.6 Å². The Balaban J connectivity index is 0.00000101. The molecule has 1 aromatic carbocycles. The molecule has 0 radical (unpaired) electrons. The standard InChI is InChI=1S/C17H19F3N4O3.C2H6O/c1-26-13-7-11-12(8-14(13)27-2)21-9-22-15(11)24-5-3-10(4-6-24)23-16(25)17(18,19)20;1-2-3/h7-10H,3-6H2,1-2H3,(H,23,25);3H,2H2,1H3. The van der Waals surface area contributed by atoms with Crippen LogP contribution in [0.25, 0.3) is 10.9 Å². The van der Waals surface area contributed by atoms with Gasteiger partial charge < -0.3 is 24.8 Å². The number of aliphatic hydroxyl groups excluding tert-OH is 1. The highest BCUT2D eigenvalue weighted by molar-refractivity contribution is 5.92. The van der Waals surface area contributed by atoms with Crippen LogP contribution in [-0.4, -0.2) is 67.1 Å². The van der Waals surface area contributed by atoms with Crippen molar-refractivity contribution in [3.05, 3.63) is 18.5 Å². The average molecular weight is 430 g/mol. The molecule has 30 heavy (non-hydrogen) atoms. The summed E-state index contributed by atoms with van der Waals surface area (Å²) in [6.07, 6.45) is -2.65. The van der Waals surface area contributed by atoms with Gasteiger partial charge in [0.15, 0.2) is 11.5 Å². The van der Waals surface area contributed by atoms with Gasteiger partial charge >= 0.3 is 12.1 Å². The van der Waals surface area contributed by atoms with E-state index in [4.69, 9.17) is 14.6 Å². The molecule has 1 aromatic heterocycles. The molecule has 0 spiro atoms. The van der Waals surface area contributed by atoms with Crippen LogP contribution >= 0.6 is 0 Å². The van der Waals surface area contributed by atoms with Crippen molar-refractivity contribution in [2.75, 3.05) is 38.8 Å². The number of aromatic nitrogens is 2. The smallest absolute Gasteiger partial charge is 0.471 e. The highest BCUT2D eigenvalue weighted by Crippen LogP contribution is 2.35. The molecule has 0 bridgehead atoms. The van der Waals surface area contributed by atoms with E-state index in [1.165, 1.54) is 20.5 Å². The highest BCUT2D eigenvalue weighted by Gasteiger charge is 2.40. The molecule has 8 nitrogen and oxygen atoms in total. The quantitative estimate of drug-likeness (QED) is 0.768. The third-order valence-corrected chi connectivity index (χ3v) is 4.51. The minimum Gasteiger partial charge on any atom is -0.493 e. The first kappa shape index (κ1) is 23.5. The lowest BCUT2D eigenvalue weighted by molar-refractivity contribution is -0.174. The summed E-state index contributed by atoms with van der Waals surface area (Å²) in [5, 5.41) is 10.4. The number of fused-ring (bicyclic) bond motifs is 1. The van der Waals surface area contributed by atoms with E-state index in [2.05, 4.69) is 9.97 Å². The number of aliphatic hydroxyl groups is 1. The first-order valence-electron chi connectivity index (χ1n) is 9.35. The number of amides is 1. The number of alkyl halides is 3. The summed E-state index contributed by atoms with van der Waals surface area (Å²) in [6.45, 7) is 2.85. The van der Waals surface area contributed by atoms with Gasteiger partial charge in [-0.05, 0) is 25.8 Å². The summed E-state index contributed by atoms with van der Waals surface area (Å²) < 4.78 is 47.8. The Labute approximate surface area is 172 Å². The fraction of sp³-hybridized carbons (Fsp3) is 0.526. The zero-order valence-electron chi connectivity index (χ0n) is 17.0. The summed E-state index contributed by atoms with van der Waals surface area (Å²) in [6, 6.07) is 3.01. The second-order valence-electron chi connectivity index (χ2n) is 6.47. The van der Waals surface area contributed by atoms with E-state index < -0.39 is 18.1 Å². The number of ether oxygens (including phenoxy) is 2. The van der Waals surface area contributed by atoms with Crippen molar-refractivity contribution in [3.63, 3.8) is 0 Å². The average Bonchev–Trinajstić information content (AvgIpc) is 2.72. The van der Waals surface area contributed by atoms with E-state index in [1.807, 2.05) is 10.2 Å². The van der Waals surface area contributed by atoms with E-state index in [0.29, 0.717) is 48.8 Å². The van der Waals surface area contributed by atoms with Gasteiger partial charge in [-0.1, -0.05) is 0 Å². The molecule has 1 aliphatic rings. The van der Waals surface area contributed by atoms with Crippen molar-refractivity contribution in [1.29, 1.82) is 0 Å². The molecule has 2 heterocycles. The summed E-state index contributed by atoms with van der Waals surface area (Å²) in [5.74, 6) is -0.150. The maximum absolute atomic E-state index is 12.4. The number of anilines is 1. The summed E-state index contributed by atoms with van der Waals surface area (Å²) >= 11 is 0. The van der Waals surface area contributed by atoms with Gasteiger partial charge in [0.05, 0.1) is 19.7 Å². The van der Waals surface area contributed by atoms with Crippen LogP contribution in [0.2, 0.25) is 0 Å². The number of nitrogens with zero attached hydrogens (tertiary/aromatic N) is 3. The molecule has 0 unspecified atom stereocenters. The minimum atomic E-state index is -4.87. The SMILES string of the molecule is CCO.COc1cc2ncnc(N3CCC(NC(=O)C(F)(F)F)CC3)c2cc1OC. The van der Waals surface area contributed by atoms with Gasteiger partial charge in [0.25, 0.3) is 0 Å². The monoisotopic (exact) mass is 430 g/mol. The van der Waals surface area contributed by atoms with Crippen LogP contribution in [0.15, 0.2) is 18.5 Å². The summed E-state index contributed by atoms with van der Waals surface area (Å²) in [7, 11) is 3.06. The highest BCUT2D eigenvalue weighted by atomic mass is 19.4. The molecule has 0 atom stereocenters. The second-order valence-corrected chi connectivity index (χ2v) is 6.47. The van der Waals surface area contributed by atoms with Crippen LogP contribution in [0.1, 0.15) is 19.8 Å². The maximum Gasteiger partial charge on any atom is 0.471 e. The predicted molar refractivity (Wildman–Crippen MR) is 105 cm³/mol. The van der Waals surface area contributed by atoms with Crippen LogP contribution < -0.4 is 19.7 Å². The third kappa shape index (κ3) is 5.62. The van der Waals surface area contributed by atoms with Gasteiger partial charge in [-0.15, -0.1) is 0 Å². The number of halogens is 3. The Morgan fingerprint density at radius 2 is 1.77 bits per heavy atom. The van der Waals surface area contributed by atoms with Crippen molar-refractivity contribution in [3.8, 4) is 11.5 Å². The molecule has 1 amide bonds. The van der Waals surface area contributed by atoms with E-state index in [0.717, 1.165) is 5.39 Å². The normalized spacial score (nSPS) is 14.7. The van der Waals surface area contributed by atoms with Crippen molar-refractivity contribution in [1.82, 2.24) is 15.3 Å². The van der Waals surface area contributed by atoms with Crippen LogP contribution in [-0.2, 0) is 4.79 Å². The summed E-state index contributed by atoms with van der Waals surface area (Å²) in [5.41, 5.74) is 0.671. The number of rotatable bonds is 4. The Kier molecular flexibility index (Phi) is 8.04. The van der Waals surface area contributed by atoms with E-state index in [9.17, 15) is 18.0 Å². The molecule has 0 aliphatic carbocycles. The van der Waals surface area contributed by atoms with Gasteiger partial charge in [-0.3, -0.25) is 4.79 Å². The topological polar surface area (TPSA) is 96.8 Å². The van der Waals surface area contributed by atoms with Crippen LogP contribution in [0, 0.1) is 0 Å². The molecule has 166 valence electrons. The lowest BCUT2D eigenvalue weighted by atomic mass is 10.0. The number of benzene rings is 1. The molecular formula is C19H25F3N4O4. The molecule has 1 fully saturated rings. The van der Waals surface area contributed by atoms with Crippen molar-refractivity contribution < 1.29 is 32.5 Å². The first-order chi connectivity index (χ1) is 14.2. The molecule has 0 saturated carbocycles. The number of hydrogen-bond acceptors (Lipinski definition) is 7. The van der Waals surface area contributed by atoms with Crippen molar-refractivity contribution in [2.24, 2.45) is 0 Å². The number of carbonyl (C=O) groups excluding carboxylic acids is 1. The van der Waals surface area contributed by atoms with Gasteiger partial charge in [-0.25, -0.2) is 9.97 Å². The predicted octanol–water partition coefficient (Wildman–Crippen LogP) is 2.29. The Hall–Kier alpha value is -2.82. The van der Waals surface area contributed by atoms with E-state index >= 15 is 0 Å². The Morgan fingerprint density at radius 1 is 1.20 bits per heavy atom. The van der Waals surface area contributed by atoms with Gasteiger partial charge in [0, 0.05) is 37.2 Å². The lowest BCUT2D eigenvalue weighted by Gasteiger charge is -2.33. The van der Waals surface area contributed by atoms with Crippen LogP contribution in [0.3, 0.4) is 0 Å². The summed E-state index contributed by atoms with van der Waals surface area (Å²) in [4.78, 5) is 21.6. The van der Waals surface area contributed by atoms with E-state index in [1.54, 1.807) is 19.1 Å². The molecule has 2 aromatic rings. The Bertz CT molecular complexity index is 856. The number of carbonyl (C=O) groups is 1.